The maximum Gasteiger partial charge on any atom is 0.311 e. The first-order valence-corrected chi connectivity index (χ1v) is 7.29. The summed E-state index contributed by atoms with van der Waals surface area (Å²) in [5.41, 5.74) is -3.01. The lowest BCUT2D eigenvalue weighted by Gasteiger charge is -2.17. The monoisotopic (exact) mass is 350 g/mol. The van der Waals surface area contributed by atoms with Crippen LogP contribution in [0.2, 0.25) is 0 Å². The first kappa shape index (κ1) is 17.8. The van der Waals surface area contributed by atoms with E-state index in [0.29, 0.717) is 0 Å². The lowest BCUT2D eigenvalue weighted by Crippen LogP contribution is -2.26. The second-order valence-corrected chi connectivity index (χ2v) is 6.58. The molecule has 0 amide bonds. The normalized spacial score (nSPS) is 25.8. The van der Waals surface area contributed by atoms with Gasteiger partial charge in [0, 0.05) is 22.6 Å². The molecule has 126 valence electrons. The van der Waals surface area contributed by atoms with Crippen LogP contribution in [-0.4, -0.2) is 11.1 Å². The maximum atomic E-state index is 14.1. The van der Waals surface area contributed by atoms with Crippen LogP contribution in [0.15, 0.2) is 11.6 Å². The summed E-state index contributed by atoms with van der Waals surface area (Å²) >= 11 is 5.49. The van der Waals surface area contributed by atoms with Gasteiger partial charge >= 0.3 is 5.97 Å². The Labute approximate surface area is 135 Å². The number of carboxylic acid groups (broad SMARTS) is 1. The van der Waals surface area contributed by atoms with Crippen molar-refractivity contribution < 1.29 is 27.5 Å². The summed E-state index contributed by atoms with van der Waals surface area (Å²) < 4.78 is 55.5. The number of allylic oxidation sites excluding steroid dienone is 1. The van der Waals surface area contributed by atoms with Gasteiger partial charge in [0.25, 0.3) is 0 Å². The van der Waals surface area contributed by atoms with Crippen LogP contribution in [0, 0.1) is 46.9 Å². The SMILES string of the molecule is Cc1c(F)c(F)c(CC2(C(=O)O)C(C=CCl)C2(C)C)c(F)c1F. The summed E-state index contributed by atoms with van der Waals surface area (Å²) in [6.45, 7) is 4.10. The molecule has 23 heavy (non-hydrogen) atoms. The van der Waals surface area contributed by atoms with Crippen molar-refractivity contribution >= 4 is 17.6 Å². The molecule has 1 aromatic carbocycles. The number of halogens is 5. The molecule has 0 bridgehead atoms. The number of hydrogen-bond acceptors (Lipinski definition) is 1. The lowest BCUT2D eigenvalue weighted by atomic mass is 9.87. The number of carbonyl (C=O) groups is 1. The minimum atomic E-state index is -1.59. The van der Waals surface area contributed by atoms with E-state index in [0.717, 1.165) is 12.5 Å². The third kappa shape index (κ3) is 2.26. The lowest BCUT2D eigenvalue weighted by molar-refractivity contribution is -0.145. The van der Waals surface area contributed by atoms with Crippen LogP contribution in [0.5, 0.6) is 0 Å². The number of carboxylic acids is 1. The van der Waals surface area contributed by atoms with Crippen LogP contribution in [0.25, 0.3) is 0 Å². The Balaban J connectivity index is 2.60. The average Bonchev–Trinajstić information content (AvgIpc) is 2.96. The zero-order valence-corrected chi connectivity index (χ0v) is 13.4. The Kier molecular flexibility index (Phi) is 4.26. The molecule has 1 aliphatic rings. The van der Waals surface area contributed by atoms with Crippen molar-refractivity contribution in [3.63, 3.8) is 0 Å². The van der Waals surface area contributed by atoms with Gasteiger partial charge in [-0.25, -0.2) is 17.6 Å². The van der Waals surface area contributed by atoms with E-state index in [2.05, 4.69) is 0 Å². The molecule has 0 heterocycles. The van der Waals surface area contributed by atoms with E-state index >= 15 is 0 Å². The van der Waals surface area contributed by atoms with Crippen molar-refractivity contribution in [3.8, 4) is 0 Å². The first-order chi connectivity index (χ1) is 10.5. The second-order valence-electron chi connectivity index (χ2n) is 6.33. The van der Waals surface area contributed by atoms with Crippen molar-refractivity contribution in [2.75, 3.05) is 0 Å². The highest BCUT2D eigenvalue weighted by Crippen LogP contribution is 2.71. The second kappa shape index (κ2) is 5.51. The molecule has 1 aromatic rings. The van der Waals surface area contributed by atoms with Crippen LogP contribution in [0.4, 0.5) is 17.6 Å². The van der Waals surface area contributed by atoms with Gasteiger partial charge < -0.3 is 5.11 Å². The van der Waals surface area contributed by atoms with Crippen LogP contribution in [0.1, 0.15) is 25.0 Å². The third-order valence-electron chi connectivity index (χ3n) is 5.05. The smallest absolute Gasteiger partial charge is 0.311 e. The van der Waals surface area contributed by atoms with E-state index in [9.17, 15) is 27.5 Å². The number of aliphatic carboxylic acids is 1. The molecule has 0 aromatic heterocycles. The molecular weight excluding hydrogens is 336 g/mol. The van der Waals surface area contributed by atoms with E-state index in [-0.39, 0.29) is 0 Å². The Morgan fingerprint density at radius 3 is 2.04 bits per heavy atom. The average molecular weight is 351 g/mol. The predicted molar refractivity (Wildman–Crippen MR) is 77.0 cm³/mol. The zero-order chi connectivity index (χ0) is 17.7. The van der Waals surface area contributed by atoms with Gasteiger partial charge in [-0.05, 0) is 18.8 Å². The molecular formula is C16H15ClF4O2. The maximum absolute atomic E-state index is 14.1. The van der Waals surface area contributed by atoms with E-state index < -0.39 is 63.5 Å². The van der Waals surface area contributed by atoms with E-state index in [1.807, 2.05) is 0 Å². The zero-order valence-electron chi connectivity index (χ0n) is 12.7. The molecule has 2 rings (SSSR count). The number of benzene rings is 1. The highest BCUT2D eigenvalue weighted by Gasteiger charge is 2.74. The van der Waals surface area contributed by atoms with Crippen LogP contribution in [-0.2, 0) is 11.2 Å². The minimum Gasteiger partial charge on any atom is -0.481 e. The minimum absolute atomic E-state index is 0.615. The summed E-state index contributed by atoms with van der Waals surface area (Å²) in [6, 6.07) is 0. The van der Waals surface area contributed by atoms with Crippen LogP contribution in [0.3, 0.4) is 0 Å². The van der Waals surface area contributed by atoms with E-state index in [1.165, 1.54) is 6.08 Å². The van der Waals surface area contributed by atoms with E-state index in [1.54, 1.807) is 13.8 Å². The summed E-state index contributed by atoms with van der Waals surface area (Å²) in [5.74, 6) is -8.06. The summed E-state index contributed by atoms with van der Waals surface area (Å²) in [7, 11) is 0. The largest absolute Gasteiger partial charge is 0.481 e. The van der Waals surface area contributed by atoms with Gasteiger partial charge in [0.1, 0.15) is 0 Å². The third-order valence-corrected chi connectivity index (χ3v) is 5.20. The molecule has 0 saturated heterocycles. The Morgan fingerprint density at radius 1 is 1.17 bits per heavy atom. The van der Waals surface area contributed by atoms with Gasteiger partial charge in [-0.2, -0.15) is 0 Å². The van der Waals surface area contributed by atoms with Crippen molar-refractivity contribution in [3.05, 3.63) is 46.0 Å². The predicted octanol–water partition coefficient (Wildman–Crippen LogP) is 4.57. The molecule has 0 spiro atoms. The molecule has 7 heteroatoms. The Morgan fingerprint density at radius 2 is 1.65 bits per heavy atom. The standard InChI is InChI=1S/C16H15ClF4O2/c1-7-10(18)12(20)8(13(21)11(7)19)6-16(14(22)23)9(4-5-17)15(16,2)3/h4-5,9H,6H2,1-3H3,(H,22,23). The molecule has 0 aliphatic heterocycles. The van der Waals surface area contributed by atoms with Crippen LogP contribution >= 0.6 is 11.6 Å². The van der Waals surface area contributed by atoms with Gasteiger partial charge in [-0.15, -0.1) is 0 Å². The Bertz CT molecular complexity index is 686. The van der Waals surface area contributed by atoms with Gasteiger partial charge in [-0.1, -0.05) is 31.5 Å². The van der Waals surface area contributed by atoms with Crippen molar-refractivity contribution in [1.29, 1.82) is 0 Å². The molecule has 1 saturated carbocycles. The molecule has 1 fully saturated rings. The van der Waals surface area contributed by atoms with Gasteiger partial charge in [-0.3, -0.25) is 4.79 Å². The molecule has 1 aliphatic carbocycles. The van der Waals surface area contributed by atoms with E-state index in [4.69, 9.17) is 11.6 Å². The molecule has 1 N–H and O–H groups in total. The quantitative estimate of drug-likeness (QED) is 0.638. The van der Waals surface area contributed by atoms with Crippen molar-refractivity contribution in [1.82, 2.24) is 0 Å². The summed E-state index contributed by atoms with van der Waals surface area (Å²) in [5, 5.41) is 9.56. The topological polar surface area (TPSA) is 37.3 Å². The Hall–Kier alpha value is -1.56. The number of rotatable bonds is 4. The molecule has 2 nitrogen and oxygen atoms in total. The van der Waals surface area contributed by atoms with Crippen LogP contribution < -0.4 is 0 Å². The number of hydrogen-bond donors (Lipinski definition) is 1. The molecule has 2 atom stereocenters. The van der Waals surface area contributed by atoms with Gasteiger partial charge in [0.15, 0.2) is 23.3 Å². The first-order valence-electron chi connectivity index (χ1n) is 6.85. The van der Waals surface area contributed by atoms with Crippen molar-refractivity contribution in [2.45, 2.75) is 27.2 Å². The highest BCUT2D eigenvalue weighted by molar-refractivity contribution is 6.25. The summed E-state index contributed by atoms with van der Waals surface area (Å²) in [6.07, 6.45) is 0.736. The van der Waals surface area contributed by atoms with Gasteiger partial charge in [0.05, 0.1) is 5.41 Å². The van der Waals surface area contributed by atoms with Gasteiger partial charge in [0.2, 0.25) is 0 Å². The molecule has 2 unspecified atom stereocenters. The fourth-order valence-corrected chi connectivity index (χ4v) is 3.56. The van der Waals surface area contributed by atoms with Crippen molar-refractivity contribution in [2.24, 2.45) is 16.7 Å². The fraction of sp³-hybridized carbons (Fsp3) is 0.438. The highest BCUT2D eigenvalue weighted by atomic mass is 35.5. The molecule has 0 radical (unpaired) electrons. The fourth-order valence-electron chi connectivity index (χ4n) is 3.42. The summed E-state index contributed by atoms with van der Waals surface area (Å²) in [4.78, 5) is 11.7.